The molecule has 2 atom stereocenters. The predicted molar refractivity (Wildman–Crippen MR) is 129 cm³/mol. The zero-order chi connectivity index (χ0) is 23.1. The Hall–Kier alpha value is -4.65. The summed E-state index contributed by atoms with van der Waals surface area (Å²) in [7, 11) is 0. The van der Waals surface area contributed by atoms with Crippen molar-refractivity contribution in [1.82, 2.24) is 13.9 Å². The van der Waals surface area contributed by atoms with Crippen molar-refractivity contribution in [3.8, 4) is 5.69 Å². The standard InChI is InChI=1S/C27H20N4O3/c32-26-29(21-15-8-3-9-16-21)27(33)31-25(20-13-6-2-7-14-20)28-23(22-17-10-18-34-22)24(30(26)31)19-11-4-1-5-12-19/h1-18,24-25H/t24-,25-/m1/s1. The van der Waals surface area contributed by atoms with Crippen molar-refractivity contribution in [3.63, 3.8) is 0 Å². The lowest BCUT2D eigenvalue weighted by atomic mass is 9.99. The molecule has 7 nitrogen and oxygen atoms in total. The third-order valence-corrected chi connectivity index (χ3v) is 6.00. The topological polar surface area (TPSA) is 74.4 Å². The van der Waals surface area contributed by atoms with Gasteiger partial charge >= 0.3 is 11.4 Å². The molecule has 0 saturated carbocycles. The minimum atomic E-state index is -0.730. The van der Waals surface area contributed by atoms with E-state index in [9.17, 15) is 9.59 Å². The highest BCUT2D eigenvalue weighted by Crippen LogP contribution is 2.32. The molecule has 3 aromatic carbocycles. The van der Waals surface area contributed by atoms with Crippen LogP contribution in [0.5, 0.6) is 0 Å². The molecular weight excluding hydrogens is 428 g/mol. The average Bonchev–Trinajstić information content (AvgIpc) is 3.52. The van der Waals surface area contributed by atoms with E-state index in [0.29, 0.717) is 17.2 Å². The van der Waals surface area contributed by atoms with Gasteiger partial charge in [-0.2, -0.15) is 0 Å². The van der Waals surface area contributed by atoms with Gasteiger partial charge in [-0.3, -0.25) is 4.99 Å². The molecule has 0 aliphatic carbocycles. The number of aliphatic imine (C=N–C) groups is 1. The van der Waals surface area contributed by atoms with Crippen LogP contribution in [0.3, 0.4) is 0 Å². The lowest BCUT2D eigenvalue weighted by molar-refractivity contribution is 0.376. The third-order valence-electron chi connectivity index (χ3n) is 6.00. The van der Waals surface area contributed by atoms with E-state index in [0.717, 1.165) is 11.1 Å². The first-order chi connectivity index (χ1) is 16.7. The number of nitrogens with zero attached hydrogens (tertiary/aromatic N) is 4. The molecule has 1 aliphatic heterocycles. The van der Waals surface area contributed by atoms with Crippen LogP contribution in [0.4, 0.5) is 0 Å². The molecule has 5 aromatic rings. The number of hydrogen-bond donors (Lipinski definition) is 0. The Balaban J connectivity index is 1.71. The normalized spacial score (nSPS) is 17.2. The molecule has 34 heavy (non-hydrogen) atoms. The van der Waals surface area contributed by atoms with Crippen molar-refractivity contribution >= 4 is 5.71 Å². The summed E-state index contributed by atoms with van der Waals surface area (Å²) in [5, 5.41) is 0. The second-order valence-electron chi connectivity index (χ2n) is 8.01. The summed E-state index contributed by atoms with van der Waals surface area (Å²) in [4.78, 5) is 32.7. The third kappa shape index (κ3) is 3.09. The molecule has 0 spiro atoms. The molecule has 0 radical (unpaired) electrons. The molecular formula is C27H20N4O3. The molecule has 7 heteroatoms. The van der Waals surface area contributed by atoms with Crippen molar-refractivity contribution in [2.24, 2.45) is 4.99 Å². The van der Waals surface area contributed by atoms with Gasteiger partial charge in [-0.15, -0.1) is 0 Å². The number of fused-ring (bicyclic) bond motifs is 1. The second-order valence-corrected chi connectivity index (χ2v) is 8.01. The Kier molecular flexibility index (Phi) is 4.73. The van der Waals surface area contributed by atoms with Crippen LogP contribution < -0.4 is 11.4 Å². The van der Waals surface area contributed by atoms with E-state index < -0.39 is 23.6 Å². The number of aromatic nitrogens is 3. The molecule has 166 valence electrons. The summed E-state index contributed by atoms with van der Waals surface area (Å²) >= 11 is 0. The summed E-state index contributed by atoms with van der Waals surface area (Å²) in [6, 6.07) is 31.0. The van der Waals surface area contributed by atoms with E-state index in [2.05, 4.69) is 0 Å². The molecule has 0 bridgehead atoms. The van der Waals surface area contributed by atoms with Gasteiger partial charge in [-0.1, -0.05) is 78.9 Å². The number of para-hydroxylation sites is 1. The van der Waals surface area contributed by atoms with E-state index in [1.165, 1.54) is 13.9 Å². The van der Waals surface area contributed by atoms with Crippen LogP contribution >= 0.6 is 0 Å². The maximum atomic E-state index is 13.9. The number of furan rings is 1. The highest BCUT2D eigenvalue weighted by atomic mass is 16.3. The highest BCUT2D eigenvalue weighted by Gasteiger charge is 2.38. The lowest BCUT2D eigenvalue weighted by Gasteiger charge is -2.30. The summed E-state index contributed by atoms with van der Waals surface area (Å²) in [6.45, 7) is 0. The van der Waals surface area contributed by atoms with Gasteiger partial charge in [-0.05, 0) is 35.4 Å². The van der Waals surface area contributed by atoms with Gasteiger partial charge in [0.1, 0.15) is 17.5 Å². The zero-order valence-corrected chi connectivity index (χ0v) is 18.1. The van der Waals surface area contributed by atoms with E-state index in [1.54, 1.807) is 36.6 Å². The summed E-state index contributed by atoms with van der Waals surface area (Å²) in [5.74, 6) is 0.549. The fraction of sp³-hybridized carbons (Fsp3) is 0.0741. The first kappa shape index (κ1) is 20.0. The Labute approximate surface area is 194 Å². The van der Waals surface area contributed by atoms with Gasteiger partial charge in [0, 0.05) is 0 Å². The van der Waals surface area contributed by atoms with E-state index >= 15 is 0 Å². The van der Waals surface area contributed by atoms with Crippen molar-refractivity contribution < 1.29 is 4.42 Å². The lowest BCUT2D eigenvalue weighted by Crippen LogP contribution is -2.41. The Morgan fingerprint density at radius 2 is 1.24 bits per heavy atom. The van der Waals surface area contributed by atoms with Crippen molar-refractivity contribution in [2.45, 2.75) is 12.2 Å². The largest absolute Gasteiger partial charge is 0.463 e. The minimum absolute atomic E-state index is 0.440. The highest BCUT2D eigenvalue weighted by molar-refractivity contribution is 6.03. The molecule has 0 N–H and O–H groups in total. The fourth-order valence-electron chi connectivity index (χ4n) is 4.50. The van der Waals surface area contributed by atoms with Crippen LogP contribution in [0.2, 0.25) is 0 Å². The first-order valence-corrected chi connectivity index (χ1v) is 11.0. The summed E-state index contributed by atoms with van der Waals surface area (Å²) in [5.41, 5.74) is 1.81. The van der Waals surface area contributed by atoms with Crippen LogP contribution in [-0.2, 0) is 0 Å². The van der Waals surface area contributed by atoms with Gasteiger partial charge in [0.05, 0.1) is 12.0 Å². The first-order valence-electron chi connectivity index (χ1n) is 11.0. The van der Waals surface area contributed by atoms with Crippen LogP contribution in [0.1, 0.15) is 29.1 Å². The Morgan fingerprint density at radius 1 is 0.647 bits per heavy atom. The number of hydrogen-bond acceptors (Lipinski definition) is 4. The predicted octanol–water partition coefficient (Wildman–Crippen LogP) is 4.03. The van der Waals surface area contributed by atoms with E-state index in [1.807, 2.05) is 72.8 Å². The maximum absolute atomic E-state index is 13.9. The fourth-order valence-corrected chi connectivity index (χ4v) is 4.50. The van der Waals surface area contributed by atoms with E-state index in [-0.39, 0.29) is 0 Å². The van der Waals surface area contributed by atoms with Gasteiger partial charge in [0.25, 0.3) is 0 Å². The van der Waals surface area contributed by atoms with Crippen LogP contribution in [0.25, 0.3) is 5.69 Å². The van der Waals surface area contributed by atoms with Crippen molar-refractivity contribution in [3.05, 3.63) is 147 Å². The second kappa shape index (κ2) is 8.04. The quantitative estimate of drug-likeness (QED) is 0.417. The summed E-state index contributed by atoms with van der Waals surface area (Å²) < 4.78 is 9.91. The molecule has 0 saturated heterocycles. The Bertz CT molecular complexity index is 1580. The molecule has 0 fully saturated rings. The van der Waals surface area contributed by atoms with Gasteiger partial charge < -0.3 is 4.42 Å². The van der Waals surface area contributed by atoms with Gasteiger partial charge in [0.15, 0.2) is 6.17 Å². The smallest absolute Gasteiger partial charge is 0.354 e. The van der Waals surface area contributed by atoms with Crippen LogP contribution in [0.15, 0.2) is 128 Å². The van der Waals surface area contributed by atoms with E-state index in [4.69, 9.17) is 9.41 Å². The molecule has 2 aromatic heterocycles. The van der Waals surface area contributed by atoms with Gasteiger partial charge in [0.2, 0.25) is 0 Å². The minimum Gasteiger partial charge on any atom is -0.463 e. The summed E-state index contributed by atoms with van der Waals surface area (Å²) in [6.07, 6.45) is 0.850. The van der Waals surface area contributed by atoms with Gasteiger partial charge in [-0.25, -0.2) is 23.5 Å². The molecule has 1 aliphatic rings. The number of rotatable bonds is 4. The SMILES string of the molecule is O=c1n(-c2ccccc2)c(=O)n2n1[C@H](c1ccccc1)N=C(c1ccco1)[C@H]2c1ccccc1. The maximum Gasteiger partial charge on any atom is 0.354 e. The van der Waals surface area contributed by atoms with Crippen LogP contribution in [-0.4, -0.2) is 19.6 Å². The molecule has 3 heterocycles. The monoisotopic (exact) mass is 448 g/mol. The van der Waals surface area contributed by atoms with Crippen LogP contribution in [0, 0.1) is 0 Å². The number of benzene rings is 3. The molecule has 0 amide bonds. The molecule has 6 rings (SSSR count). The van der Waals surface area contributed by atoms with Crippen molar-refractivity contribution in [2.75, 3.05) is 0 Å². The molecule has 0 unspecified atom stereocenters. The average molecular weight is 448 g/mol. The Morgan fingerprint density at radius 3 is 1.85 bits per heavy atom. The zero-order valence-electron chi connectivity index (χ0n) is 18.1. The van der Waals surface area contributed by atoms with Crippen molar-refractivity contribution in [1.29, 1.82) is 0 Å².